The van der Waals surface area contributed by atoms with Crippen molar-refractivity contribution >= 4 is 15.9 Å². The molecule has 1 heterocycles. The van der Waals surface area contributed by atoms with Gasteiger partial charge in [-0.1, -0.05) is 0 Å². The van der Waals surface area contributed by atoms with E-state index in [1.807, 2.05) is 4.90 Å². The van der Waals surface area contributed by atoms with Crippen molar-refractivity contribution in [1.82, 2.24) is 9.21 Å². The van der Waals surface area contributed by atoms with Crippen molar-refractivity contribution in [2.24, 2.45) is 5.73 Å². The van der Waals surface area contributed by atoms with Crippen LogP contribution >= 0.6 is 0 Å². The Hall–Kier alpha value is -0.660. The largest absolute Gasteiger partial charge is 0.368 e. The number of likely N-dealkylation sites (tertiary alicyclic amines) is 1. The molecule has 1 aliphatic heterocycles. The zero-order valence-electron chi connectivity index (χ0n) is 10.4. The van der Waals surface area contributed by atoms with Gasteiger partial charge in [-0.2, -0.15) is 0 Å². The highest BCUT2D eigenvalue weighted by molar-refractivity contribution is 7.89. The maximum atomic E-state index is 11.5. The van der Waals surface area contributed by atoms with Gasteiger partial charge in [-0.05, 0) is 26.3 Å². The van der Waals surface area contributed by atoms with Gasteiger partial charge in [0, 0.05) is 20.1 Å². The van der Waals surface area contributed by atoms with Crippen molar-refractivity contribution in [2.45, 2.75) is 25.8 Å². The summed E-state index contributed by atoms with van der Waals surface area (Å²) in [4.78, 5) is 13.1. The molecule has 0 aliphatic carbocycles. The van der Waals surface area contributed by atoms with Crippen LogP contribution in [0.5, 0.6) is 0 Å². The Morgan fingerprint density at radius 3 is 2.71 bits per heavy atom. The molecule has 1 saturated heterocycles. The number of amides is 1. The van der Waals surface area contributed by atoms with E-state index in [2.05, 4.69) is 0 Å². The van der Waals surface area contributed by atoms with Crippen molar-refractivity contribution in [1.29, 1.82) is 0 Å². The highest BCUT2D eigenvalue weighted by Crippen LogP contribution is 2.16. The van der Waals surface area contributed by atoms with E-state index < -0.39 is 10.0 Å². The molecule has 0 aromatic heterocycles. The van der Waals surface area contributed by atoms with Crippen LogP contribution in [0, 0.1) is 0 Å². The Morgan fingerprint density at radius 2 is 2.18 bits per heavy atom. The van der Waals surface area contributed by atoms with E-state index in [0.29, 0.717) is 13.1 Å². The van der Waals surface area contributed by atoms with Crippen LogP contribution < -0.4 is 5.73 Å². The number of nitrogens with zero attached hydrogens (tertiary/aromatic N) is 2. The highest BCUT2D eigenvalue weighted by Gasteiger charge is 2.29. The molecule has 0 spiro atoms. The summed E-state index contributed by atoms with van der Waals surface area (Å²) in [6.45, 7) is 3.39. The maximum absolute atomic E-state index is 11.5. The molecule has 0 bridgehead atoms. The fraction of sp³-hybridized carbons (Fsp3) is 0.900. The summed E-state index contributed by atoms with van der Waals surface area (Å²) < 4.78 is 24.4. The second kappa shape index (κ2) is 5.79. The van der Waals surface area contributed by atoms with Gasteiger partial charge in [0.25, 0.3) is 0 Å². The fourth-order valence-corrected chi connectivity index (χ4v) is 2.85. The van der Waals surface area contributed by atoms with Crippen LogP contribution in [0.4, 0.5) is 0 Å². The zero-order chi connectivity index (χ0) is 13.1. The number of likely N-dealkylation sites (N-methyl/N-ethyl adjacent to an activating group) is 1. The normalized spacial score (nSPS) is 22.2. The van der Waals surface area contributed by atoms with E-state index in [9.17, 15) is 13.2 Å². The molecular formula is C10H21N3O3S. The van der Waals surface area contributed by atoms with Crippen molar-refractivity contribution in [2.75, 3.05) is 32.4 Å². The first-order chi connectivity index (χ1) is 7.88. The molecule has 100 valence electrons. The summed E-state index contributed by atoms with van der Waals surface area (Å²) in [6, 6.07) is -0.229. The summed E-state index contributed by atoms with van der Waals surface area (Å²) in [7, 11) is -1.57. The third-order valence-electron chi connectivity index (χ3n) is 3.23. The predicted octanol–water partition coefficient (Wildman–Crippen LogP) is -0.782. The molecule has 0 radical (unpaired) electrons. The van der Waals surface area contributed by atoms with E-state index in [4.69, 9.17) is 5.73 Å². The van der Waals surface area contributed by atoms with Gasteiger partial charge in [0.15, 0.2) is 0 Å². The Morgan fingerprint density at radius 1 is 1.53 bits per heavy atom. The van der Waals surface area contributed by atoms with Crippen molar-refractivity contribution < 1.29 is 13.2 Å². The van der Waals surface area contributed by atoms with Crippen LogP contribution in [0.15, 0.2) is 0 Å². The number of carbonyl (C=O) groups excluding carboxylic acids is 1. The third-order valence-corrected chi connectivity index (χ3v) is 5.10. The molecule has 2 N–H and O–H groups in total. The quantitative estimate of drug-likeness (QED) is 0.681. The molecule has 0 aromatic rings. The second-order valence-electron chi connectivity index (χ2n) is 4.32. The lowest BCUT2D eigenvalue weighted by Crippen LogP contribution is -2.44. The lowest BCUT2D eigenvalue weighted by Gasteiger charge is -2.24. The smallest absolute Gasteiger partial charge is 0.234 e. The van der Waals surface area contributed by atoms with Crippen molar-refractivity contribution in [3.8, 4) is 0 Å². The molecule has 0 aromatic carbocycles. The first-order valence-electron chi connectivity index (χ1n) is 5.86. The molecule has 17 heavy (non-hydrogen) atoms. The summed E-state index contributed by atoms with van der Waals surface area (Å²) >= 11 is 0. The van der Waals surface area contributed by atoms with Gasteiger partial charge in [0.1, 0.15) is 0 Å². The van der Waals surface area contributed by atoms with Crippen molar-refractivity contribution in [3.05, 3.63) is 0 Å². The Kier molecular flexibility index (Phi) is 4.91. The van der Waals surface area contributed by atoms with Gasteiger partial charge < -0.3 is 5.73 Å². The van der Waals surface area contributed by atoms with Crippen LogP contribution in [-0.2, 0) is 14.8 Å². The minimum absolute atomic E-state index is 0.0999. The molecule has 1 atom stereocenters. The monoisotopic (exact) mass is 263 g/mol. The number of hydrogen-bond acceptors (Lipinski definition) is 4. The van der Waals surface area contributed by atoms with E-state index >= 15 is 0 Å². The standard InChI is InChI=1S/C10H21N3O3S/c1-3-17(15,16)12(2)7-8-13-6-4-5-9(13)10(11)14/h9H,3-8H2,1-2H3,(H2,11,14)/t9-/m1/s1. The second-order valence-corrected chi connectivity index (χ2v) is 6.68. The molecule has 7 heteroatoms. The van der Waals surface area contributed by atoms with E-state index in [1.165, 1.54) is 4.31 Å². The fourth-order valence-electron chi connectivity index (χ4n) is 2.04. The highest BCUT2D eigenvalue weighted by atomic mass is 32.2. The molecule has 1 rings (SSSR count). The first-order valence-corrected chi connectivity index (χ1v) is 7.46. The minimum Gasteiger partial charge on any atom is -0.368 e. The van der Waals surface area contributed by atoms with Crippen LogP contribution in [0.1, 0.15) is 19.8 Å². The topological polar surface area (TPSA) is 83.7 Å². The SMILES string of the molecule is CCS(=O)(=O)N(C)CCN1CCC[C@@H]1C(N)=O. The summed E-state index contributed by atoms with van der Waals surface area (Å²) in [6.07, 6.45) is 1.72. The molecular weight excluding hydrogens is 242 g/mol. The molecule has 1 amide bonds. The van der Waals surface area contributed by atoms with Crippen molar-refractivity contribution in [3.63, 3.8) is 0 Å². The first kappa shape index (κ1) is 14.4. The lowest BCUT2D eigenvalue weighted by molar-refractivity contribution is -0.122. The Bertz CT molecular complexity index is 369. The van der Waals surface area contributed by atoms with Gasteiger partial charge in [-0.15, -0.1) is 0 Å². The minimum atomic E-state index is -3.14. The lowest BCUT2D eigenvalue weighted by atomic mass is 10.2. The summed E-state index contributed by atoms with van der Waals surface area (Å²) in [5.41, 5.74) is 5.29. The van der Waals surface area contributed by atoms with Gasteiger partial charge in [0.2, 0.25) is 15.9 Å². The predicted molar refractivity (Wildman–Crippen MR) is 65.9 cm³/mol. The van der Waals surface area contributed by atoms with E-state index in [-0.39, 0.29) is 17.7 Å². The van der Waals surface area contributed by atoms with Gasteiger partial charge >= 0.3 is 0 Å². The Balaban J connectivity index is 2.48. The maximum Gasteiger partial charge on any atom is 0.234 e. The zero-order valence-corrected chi connectivity index (χ0v) is 11.2. The number of sulfonamides is 1. The van der Waals surface area contributed by atoms with Crippen LogP contribution in [0.2, 0.25) is 0 Å². The van der Waals surface area contributed by atoms with E-state index in [1.54, 1.807) is 14.0 Å². The van der Waals surface area contributed by atoms with Gasteiger partial charge in [-0.3, -0.25) is 9.69 Å². The molecule has 1 aliphatic rings. The number of carbonyl (C=O) groups is 1. The molecule has 1 fully saturated rings. The number of nitrogens with two attached hydrogens (primary N) is 1. The molecule has 0 unspecified atom stereocenters. The number of primary amides is 1. The number of hydrogen-bond donors (Lipinski definition) is 1. The van der Waals surface area contributed by atoms with Gasteiger partial charge in [0.05, 0.1) is 11.8 Å². The number of rotatable bonds is 6. The average molecular weight is 263 g/mol. The van der Waals surface area contributed by atoms with E-state index in [0.717, 1.165) is 19.4 Å². The summed E-state index contributed by atoms with van der Waals surface area (Å²) in [5.74, 6) is -0.216. The van der Waals surface area contributed by atoms with Crippen LogP contribution in [0.3, 0.4) is 0 Å². The van der Waals surface area contributed by atoms with Crippen LogP contribution in [0.25, 0.3) is 0 Å². The average Bonchev–Trinajstić information content (AvgIpc) is 2.73. The molecule has 6 nitrogen and oxygen atoms in total. The summed E-state index contributed by atoms with van der Waals surface area (Å²) in [5, 5.41) is 0. The molecule has 0 saturated carbocycles. The van der Waals surface area contributed by atoms with Crippen LogP contribution in [-0.4, -0.2) is 62.0 Å². The third kappa shape index (κ3) is 3.65. The Labute approximate surface area is 103 Å². The van der Waals surface area contributed by atoms with Gasteiger partial charge in [-0.25, -0.2) is 12.7 Å².